The number of aliphatic hydroxyl groups excluding tert-OH is 1. The Balaban J connectivity index is 3.72. The molecule has 0 aromatic rings. The van der Waals surface area contributed by atoms with E-state index in [1.165, 1.54) is 0 Å². The van der Waals surface area contributed by atoms with Gasteiger partial charge in [-0.15, -0.1) is 0 Å². The molecule has 0 fully saturated rings. The van der Waals surface area contributed by atoms with E-state index in [1.807, 2.05) is 13.0 Å². The van der Waals surface area contributed by atoms with Crippen molar-refractivity contribution in [3.05, 3.63) is 11.8 Å². The predicted octanol–water partition coefficient (Wildman–Crippen LogP) is 2.48. The first kappa shape index (κ1) is 11.5. The van der Waals surface area contributed by atoms with Crippen LogP contribution in [0.25, 0.3) is 0 Å². The van der Waals surface area contributed by atoms with Crippen LogP contribution in [-0.2, 0) is 4.74 Å². The van der Waals surface area contributed by atoms with Gasteiger partial charge in [0.2, 0.25) is 0 Å². The van der Waals surface area contributed by atoms with E-state index in [-0.39, 0.29) is 0 Å². The van der Waals surface area contributed by atoms with Crippen molar-refractivity contribution in [1.29, 1.82) is 0 Å². The molecule has 2 nitrogen and oxygen atoms in total. The summed E-state index contributed by atoms with van der Waals surface area (Å²) in [6.45, 7) is 6.60. The second kappa shape index (κ2) is 7.17. The number of hydrogen-bond acceptors (Lipinski definition) is 2. The smallest absolute Gasteiger partial charge is 0.120 e. The van der Waals surface area contributed by atoms with Crippen LogP contribution in [0.1, 0.15) is 40.0 Å². The van der Waals surface area contributed by atoms with Crippen LogP contribution in [0.2, 0.25) is 0 Å². The average molecular weight is 172 g/mol. The molecule has 0 amide bonds. The van der Waals surface area contributed by atoms with Crippen molar-refractivity contribution >= 4 is 0 Å². The van der Waals surface area contributed by atoms with Crippen LogP contribution in [0.3, 0.4) is 0 Å². The first-order valence-corrected chi connectivity index (χ1v) is 4.73. The maximum atomic E-state index is 9.25. The molecular formula is C10H20O2. The third kappa shape index (κ3) is 5.19. The van der Waals surface area contributed by atoms with Crippen molar-refractivity contribution < 1.29 is 9.84 Å². The first-order valence-electron chi connectivity index (χ1n) is 4.73. The molecular weight excluding hydrogens is 152 g/mol. The van der Waals surface area contributed by atoms with Gasteiger partial charge in [0.05, 0.1) is 6.61 Å². The Morgan fingerprint density at radius 3 is 2.58 bits per heavy atom. The number of ether oxygens (including phenoxy) is 1. The zero-order valence-electron chi connectivity index (χ0n) is 8.34. The minimum absolute atomic E-state index is 0.471. The largest absolute Gasteiger partial charge is 0.496 e. The van der Waals surface area contributed by atoms with Crippen molar-refractivity contribution in [3.63, 3.8) is 0 Å². The van der Waals surface area contributed by atoms with Crippen molar-refractivity contribution in [1.82, 2.24) is 0 Å². The van der Waals surface area contributed by atoms with Crippen molar-refractivity contribution in [2.24, 2.45) is 0 Å². The summed E-state index contributed by atoms with van der Waals surface area (Å²) in [6.07, 6.45) is 4.54. The molecule has 0 aromatic carbocycles. The van der Waals surface area contributed by atoms with Gasteiger partial charge < -0.3 is 9.84 Å². The minimum atomic E-state index is -0.471. The Hall–Kier alpha value is -0.500. The van der Waals surface area contributed by atoms with Gasteiger partial charge in [0.1, 0.15) is 11.9 Å². The van der Waals surface area contributed by atoms with E-state index in [0.29, 0.717) is 12.4 Å². The van der Waals surface area contributed by atoms with Gasteiger partial charge in [-0.25, -0.2) is 0 Å². The molecule has 0 aliphatic carbocycles. The molecule has 0 saturated carbocycles. The lowest BCUT2D eigenvalue weighted by Crippen LogP contribution is -2.09. The lowest BCUT2D eigenvalue weighted by molar-refractivity contribution is 0.110. The van der Waals surface area contributed by atoms with E-state index in [0.717, 1.165) is 19.3 Å². The average Bonchev–Trinajstić information content (AvgIpc) is 2.03. The first-order chi connectivity index (χ1) is 5.72. The summed E-state index contributed by atoms with van der Waals surface area (Å²) in [5.41, 5.74) is 0. The molecule has 0 radical (unpaired) electrons. The quantitative estimate of drug-likeness (QED) is 0.492. The topological polar surface area (TPSA) is 29.5 Å². The van der Waals surface area contributed by atoms with Gasteiger partial charge in [0.15, 0.2) is 0 Å². The molecule has 1 atom stereocenters. The number of hydrogen-bond donors (Lipinski definition) is 1. The molecule has 0 heterocycles. The molecule has 2 heteroatoms. The summed E-state index contributed by atoms with van der Waals surface area (Å²) < 4.78 is 5.40. The molecule has 0 spiro atoms. The van der Waals surface area contributed by atoms with Crippen LogP contribution in [0.5, 0.6) is 0 Å². The number of allylic oxidation sites excluding steroid dienone is 1. The van der Waals surface area contributed by atoms with Crippen molar-refractivity contribution in [3.8, 4) is 0 Å². The fraction of sp³-hybridized carbons (Fsp3) is 0.800. The molecule has 1 unspecified atom stereocenters. The lowest BCUT2D eigenvalue weighted by atomic mass is 10.3. The molecule has 0 aromatic heterocycles. The molecule has 0 aliphatic rings. The Morgan fingerprint density at radius 2 is 2.17 bits per heavy atom. The fourth-order valence-electron chi connectivity index (χ4n) is 0.886. The van der Waals surface area contributed by atoms with E-state index in [9.17, 15) is 5.11 Å². The van der Waals surface area contributed by atoms with Gasteiger partial charge in [0, 0.05) is 0 Å². The normalized spacial score (nSPS) is 14.5. The van der Waals surface area contributed by atoms with Crippen LogP contribution in [0.4, 0.5) is 0 Å². The predicted molar refractivity (Wildman–Crippen MR) is 50.9 cm³/mol. The minimum Gasteiger partial charge on any atom is -0.496 e. The summed E-state index contributed by atoms with van der Waals surface area (Å²) in [5, 5.41) is 9.25. The monoisotopic (exact) mass is 172 g/mol. The summed E-state index contributed by atoms with van der Waals surface area (Å²) in [7, 11) is 0. The maximum absolute atomic E-state index is 9.25. The summed E-state index contributed by atoms with van der Waals surface area (Å²) >= 11 is 0. The number of aliphatic hydroxyl groups is 1. The molecule has 72 valence electrons. The third-order valence-electron chi connectivity index (χ3n) is 1.58. The van der Waals surface area contributed by atoms with Crippen molar-refractivity contribution in [2.75, 3.05) is 6.61 Å². The Kier molecular flexibility index (Phi) is 6.87. The standard InChI is InChI=1S/C10H20O2/c1-4-6-8-12-10(7-5-2)9(3)11/h7,9,11H,4-6,8H2,1-3H3. The van der Waals surface area contributed by atoms with Gasteiger partial charge >= 0.3 is 0 Å². The van der Waals surface area contributed by atoms with Crippen LogP contribution >= 0.6 is 0 Å². The van der Waals surface area contributed by atoms with Crippen LogP contribution in [-0.4, -0.2) is 17.8 Å². The zero-order valence-corrected chi connectivity index (χ0v) is 8.34. The fourth-order valence-corrected chi connectivity index (χ4v) is 0.886. The Bertz CT molecular complexity index is 128. The lowest BCUT2D eigenvalue weighted by Gasteiger charge is -2.12. The zero-order chi connectivity index (χ0) is 9.40. The van der Waals surface area contributed by atoms with Gasteiger partial charge in [-0.05, 0) is 25.8 Å². The third-order valence-corrected chi connectivity index (χ3v) is 1.58. The molecule has 0 bridgehead atoms. The summed E-state index contributed by atoms with van der Waals surface area (Å²) in [4.78, 5) is 0. The van der Waals surface area contributed by atoms with E-state index in [1.54, 1.807) is 6.92 Å². The molecule has 0 saturated heterocycles. The van der Waals surface area contributed by atoms with Crippen LogP contribution in [0.15, 0.2) is 11.8 Å². The van der Waals surface area contributed by atoms with E-state index < -0.39 is 6.10 Å². The van der Waals surface area contributed by atoms with Crippen molar-refractivity contribution in [2.45, 2.75) is 46.1 Å². The Morgan fingerprint density at radius 1 is 1.50 bits per heavy atom. The van der Waals surface area contributed by atoms with E-state index in [2.05, 4.69) is 6.92 Å². The molecule has 1 N–H and O–H groups in total. The molecule has 12 heavy (non-hydrogen) atoms. The highest BCUT2D eigenvalue weighted by Crippen LogP contribution is 2.06. The summed E-state index contributed by atoms with van der Waals surface area (Å²) in [6, 6.07) is 0. The van der Waals surface area contributed by atoms with Gasteiger partial charge in [-0.2, -0.15) is 0 Å². The van der Waals surface area contributed by atoms with Crippen LogP contribution in [0, 0.1) is 0 Å². The van der Waals surface area contributed by atoms with Gasteiger partial charge in [-0.3, -0.25) is 0 Å². The maximum Gasteiger partial charge on any atom is 0.120 e. The second-order valence-electron chi connectivity index (χ2n) is 2.89. The highest BCUT2D eigenvalue weighted by molar-refractivity contribution is 4.97. The highest BCUT2D eigenvalue weighted by Gasteiger charge is 2.03. The van der Waals surface area contributed by atoms with Crippen LogP contribution < -0.4 is 0 Å². The van der Waals surface area contributed by atoms with E-state index in [4.69, 9.17) is 4.74 Å². The van der Waals surface area contributed by atoms with E-state index >= 15 is 0 Å². The van der Waals surface area contributed by atoms with Gasteiger partial charge in [-0.1, -0.05) is 20.3 Å². The second-order valence-corrected chi connectivity index (χ2v) is 2.89. The van der Waals surface area contributed by atoms with Gasteiger partial charge in [0.25, 0.3) is 0 Å². The number of unbranched alkanes of at least 4 members (excludes halogenated alkanes) is 1. The SMILES string of the molecule is CCC=C(OCCCC)C(C)O. The number of rotatable bonds is 6. The molecule has 0 aliphatic heterocycles. The highest BCUT2D eigenvalue weighted by atomic mass is 16.5. The Labute approximate surface area is 75.2 Å². The molecule has 0 rings (SSSR count). The summed E-state index contributed by atoms with van der Waals surface area (Å²) in [5.74, 6) is 0.714.